The van der Waals surface area contributed by atoms with Crippen LogP contribution < -0.4 is 5.73 Å². The molecule has 2 heteroatoms. The number of halogens is 1. The normalized spacial score (nSPS) is 8.11. The van der Waals surface area contributed by atoms with E-state index in [2.05, 4.69) is 0 Å². The van der Waals surface area contributed by atoms with Crippen molar-refractivity contribution in [1.82, 2.24) is 0 Å². The third-order valence-corrected chi connectivity index (χ3v) is 1.19. The summed E-state index contributed by atoms with van der Waals surface area (Å²) < 4.78 is 0. The van der Waals surface area contributed by atoms with Crippen LogP contribution in [0.3, 0.4) is 0 Å². The molecule has 1 aromatic carbocycles. The van der Waals surface area contributed by atoms with Gasteiger partial charge in [-0.3, -0.25) is 4.70 Å². The highest BCUT2D eigenvalue weighted by Gasteiger charge is 1.84. The van der Waals surface area contributed by atoms with Crippen LogP contribution in [0.25, 0.3) is 0 Å². The third-order valence-electron chi connectivity index (χ3n) is 1.19. The van der Waals surface area contributed by atoms with Gasteiger partial charge in [-0.25, -0.2) is 0 Å². The quantitative estimate of drug-likeness (QED) is 0.528. The summed E-state index contributed by atoms with van der Waals surface area (Å²) in [5, 5.41) is 0. The first-order chi connectivity index (χ1) is 3.80. The first-order valence-corrected chi connectivity index (χ1v) is 2.62. The molecule has 0 aliphatic heterocycles. The maximum atomic E-state index is 5.52. The standard InChI is InChI=1S/C7H9N.FH/c1-6-4-2-3-5-7(6)8;/h2-5H,8H2,1H3;1H. The maximum absolute atomic E-state index is 5.52. The molecule has 0 amide bonds. The van der Waals surface area contributed by atoms with Crippen molar-refractivity contribution in [2.45, 2.75) is 6.92 Å². The Labute approximate surface area is 53.9 Å². The van der Waals surface area contributed by atoms with Crippen molar-refractivity contribution in [2.75, 3.05) is 5.73 Å². The van der Waals surface area contributed by atoms with Crippen molar-refractivity contribution in [3.8, 4) is 0 Å². The van der Waals surface area contributed by atoms with Crippen molar-refractivity contribution >= 4 is 5.69 Å². The fourth-order valence-corrected chi connectivity index (χ4v) is 0.587. The zero-order valence-corrected chi connectivity index (χ0v) is 5.29. The SMILES string of the molecule is Cc1ccccc1N.F. The third kappa shape index (κ3) is 1.72. The first-order valence-electron chi connectivity index (χ1n) is 2.62. The van der Waals surface area contributed by atoms with Gasteiger partial charge in [-0.1, -0.05) is 18.2 Å². The minimum absolute atomic E-state index is 0. The van der Waals surface area contributed by atoms with E-state index in [1.165, 1.54) is 0 Å². The van der Waals surface area contributed by atoms with Gasteiger partial charge in [0.2, 0.25) is 0 Å². The molecule has 9 heavy (non-hydrogen) atoms. The molecular formula is C7H10FN. The Hall–Kier alpha value is -1.05. The number of nitrogens with two attached hydrogens (primary N) is 1. The highest BCUT2D eigenvalue weighted by molar-refractivity contribution is 5.44. The van der Waals surface area contributed by atoms with Gasteiger partial charge in [0.05, 0.1) is 0 Å². The Morgan fingerprint density at radius 2 is 1.78 bits per heavy atom. The van der Waals surface area contributed by atoms with Crippen LogP contribution in [-0.4, -0.2) is 0 Å². The smallest absolute Gasteiger partial charge is 0.0343 e. The molecule has 0 radical (unpaired) electrons. The second kappa shape index (κ2) is 3.07. The van der Waals surface area contributed by atoms with E-state index < -0.39 is 0 Å². The van der Waals surface area contributed by atoms with Gasteiger partial charge in [0.15, 0.2) is 0 Å². The van der Waals surface area contributed by atoms with E-state index in [-0.39, 0.29) is 4.70 Å². The Kier molecular flexibility index (Phi) is 2.71. The number of benzene rings is 1. The molecule has 0 fully saturated rings. The zero-order chi connectivity index (χ0) is 5.98. The van der Waals surface area contributed by atoms with Crippen LogP contribution in [0, 0.1) is 6.92 Å². The second-order valence-electron chi connectivity index (χ2n) is 1.86. The van der Waals surface area contributed by atoms with Gasteiger partial charge in [-0.05, 0) is 18.6 Å². The van der Waals surface area contributed by atoms with Crippen molar-refractivity contribution < 1.29 is 4.70 Å². The van der Waals surface area contributed by atoms with Gasteiger partial charge < -0.3 is 5.73 Å². The summed E-state index contributed by atoms with van der Waals surface area (Å²) in [6, 6.07) is 7.80. The fourth-order valence-electron chi connectivity index (χ4n) is 0.587. The molecule has 0 aliphatic rings. The molecule has 0 aliphatic carbocycles. The van der Waals surface area contributed by atoms with Crippen LogP contribution in [-0.2, 0) is 0 Å². The average molecular weight is 127 g/mol. The molecule has 0 heterocycles. The van der Waals surface area contributed by atoms with Crippen LogP contribution in [0.15, 0.2) is 24.3 Å². The highest BCUT2D eigenvalue weighted by atomic mass is 19.0. The van der Waals surface area contributed by atoms with Crippen LogP contribution in [0.4, 0.5) is 10.4 Å². The molecule has 1 aromatic rings. The predicted molar refractivity (Wildman–Crippen MR) is 38.1 cm³/mol. The number of para-hydroxylation sites is 1. The van der Waals surface area contributed by atoms with Crippen molar-refractivity contribution in [3.05, 3.63) is 29.8 Å². The second-order valence-corrected chi connectivity index (χ2v) is 1.86. The van der Waals surface area contributed by atoms with E-state index in [1.54, 1.807) is 0 Å². The van der Waals surface area contributed by atoms with E-state index in [9.17, 15) is 0 Å². The maximum Gasteiger partial charge on any atom is 0.0343 e. The van der Waals surface area contributed by atoms with Gasteiger partial charge in [0.25, 0.3) is 0 Å². The number of aryl methyl sites for hydroxylation is 1. The van der Waals surface area contributed by atoms with E-state index in [0.717, 1.165) is 11.3 Å². The molecule has 2 N–H and O–H groups in total. The summed E-state index contributed by atoms with van der Waals surface area (Å²) in [5.41, 5.74) is 7.53. The molecule has 1 rings (SSSR count). The molecule has 0 aromatic heterocycles. The summed E-state index contributed by atoms with van der Waals surface area (Å²) in [4.78, 5) is 0. The summed E-state index contributed by atoms with van der Waals surface area (Å²) in [6.45, 7) is 2.00. The van der Waals surface area contributed by atoms with E-state index in [0.29, 0.717) is 0 Å². The molecule has 0 saturated heterocycles. The van der Waals surface area contributed by atoms with Crippen LogP contribution in [0.1, 0.15) is 5.56 Å². The lowest BCUT2D eigenvalue weighted by Crippen LogP contribution is -1.85. The number of hydrogen-bond acceptors (Lipinski definition) is 1. The Balaban J connectivity index is 0.000000640. The lowest BCUT2D eigenvalue weighted by atomic mass is 10.2. The van der Waals surface area contributed by atoms with Gasteiger partial charge in [-0.15, -0.1) is 0 Å². The first kappa shape index (κ1) is 7.95. The van der Waals surface area contributed by atoms with Gasteiger partial charge in [0.1, 0.15) is 0 Å². The molecule has 1 nitrogen and oxygen atoms in total. The average Bonchev–Trinajstić information content (AvgIpc) is 1.77. The number of hydrogen-bond donors (Lipinski definition) is 1. The monoisotopic (exact) mass is 127 g/mol. The molecule has 0 saturated carbocycles. The predicted octanol–water partition coefficient (Wildman–Crippen LogP) is 1.73. The fraction of sp³-hybridized carbons (Fsp3) is 0.143. The molecule has 0 atom stereocenters. The Bertz CT molecular complexity index is 165. The van der Waals surface area contributed by atoms with Gasteiger partial charge in [-0.2, -0.15) is 0 Å². The van der Waals surface area contributed by atoms with Crippen molar-refractivity contribution in [1.29, 1.82) is 0 Å². The number of nitrogen functional groups attached to an aromatic ring is 1. The Morgan fingerprint density at radius 1 is 1.22 bits per heavy atom. The molecule has 0 unspecified atom stereocenters. The summed E-state index contributed by atoms with van der Waals surface area (Å²) in [6.07, 6.45) is 0. The lowest BCUT2D eigenvalue weighted by molar-refractivity contribution is 1.11. The zero-order valence-electron chi connectivity index (χ0n) is 5.29. The topological polar surface area (TPSA) is 26.0 Å². The highest BCUT2D eigenvalue weighted by Crippen LogP contribution is 2.06. The van der Waals surface area contributed by atoms with Gasteiger partial charge >= 0.3 is 0 Å². The minimum atomic E-state index is 0. The molecule has 0 bridgehead atoms. The minimum Gasteiger partial charge on any atom is -0.399 e. The van der Waals surface area contributed by atoms with Crippen LogP contribution in [0.5, 0.6) is 0 Å². The largest absolute Gasteiger partial charge is 0.399 e. The summed E-state index contributed by atoms with van der Waals surface area (Å²) >= 11 is 0. The van der Waals surface area contributed by atoms with E-state index in [1.807, 2.05) is 31.2 Å². The summed E-state index contributed by atoms with van der Waals surface area (Å²) in [5.74, 6) is 0. The van der Waals surface area contributed by atoms with E-state index in [4.69, 9.17) is 5.73 Å². The van der Waals surface area contributed by atoms with Crippen LogP contribution >= 0.6 is 0 Å². The van der Waals surface area contributed by atoms with E-state index >= 15 is 0 Å². The molecular weight excluding hydrogens is 117 g/mol. The number of anilines is 1. The Morgan fingerprint density at radius 3 is 2.11 bits per heavy atom. The van der Waals surface area contributed by atoms with Gasteiger partial charge in [0, 0.05) is 5.69 Å². The lowest BCUT2D eigenvalue weighted by Gasteiger charge is -1.93. The summed E-state index contributed by atoms with van der Waals surface area (Å²) in [7, 11) is 0. The van der Waals surface area contributed by atoms with Crippen molar-refractivity contribution in [2.24, 2.45) is 0 Å². The molecule has 50 valence electrons. The van der Waals surface area contributed by atoms with Crippen molar-refractivity contribution in [3.63, 3.8) is 0 Å². The van der Waals surface area contributed by atoms with Crippen LogP contribution in [0.2, 0.25) is 0 Å². The molecule has 0 spiro atoms. The number of rotatable bonds is 0.